The second kappa shape index (κ2) is 9.02. The van der Waals surface area contributed by atoms with Crippen LogP contribution < -0.4 is 14.2 Å². The van der Waals surface area contributed by atoms with Crippen LogP contribution in [0.2, 0.25) is 0 Å². The van der Waals surface area contributed by atoms with E-state index in [1.54, 1.807) is 0 Å². The lowest BCUT2D eigenvalue weighted by atomic mass is 10.0. The third kappa shape index (κ3) is 4.79. The highest BCUT2D eigenvalue weighted by atomic mass is 32.2. The summed E-state index contributed by atoms with van der Waals surface area (Å²) < 4.78 is 15.5. The van der Waals surface area contributed by atoms with Crippen molar-refractivity contribution in [3.63, 3.8) is 0 Å². The summed E-state index contributed by atoms with van der Waals surface area (Å²) in [5, 5.41) is 16.6. The Hall–Kier alpha value is -2.42. The lowest BCUT2D eigenvalue weighted by Crippen LogP contribution is -2.22. The number of aliphatic carboxylic acids is 2. The number of carboxylic acids is 2. The molecule has 9 heteroatoms. The van der Waals surface area contributed by atoms with Crippen LogP contribution in [0.15, 0.2) is 12.1 Å². The number of rotatable bonds is 10. The first-order chi connectivity index (χ1) is 11.3. The van der Waals surface area contributed by atoms with Gasteiger partial charge < -0.3 is 24.4 Å². The van der Waals surface area contributed by atoms with Crippen molar-refractivity contribution in [2.45, 2.75) is 11.7 Å². The van der Waals surface area contributed by atoms with Crippen LogP contribution >= 0.6 is 11.8 Å². The molecule has 0 bridgehead atoms. The molecule has 1 unspecified atom stereocenters. The number of ketones is 1. The lowest BCUT2D eigenvalue weighted by molar-refractivity contribution is -0.136. The molecule has 0 saturated carbocycles. The first kappa shape index (κ1) is 19.6. The van der Waals surface area contributed by atoms with Crippen molar-refractivity contribution in [2.24, 2.45) is 0 Å². The number of hydrogen-bond acceptors (Lipinski definition) is 7. The minimum atomic E-state index is -1.26. The van der Waals surface area contributed by atoms with Gasteiger partial charge in [-0.1, -0.05) is 0 Å². The fourth-order valence-corrected chi connectivity index (χ4v) is 2.74. The highest BCUT2D eigenvalue weighted by molar-refractivity contribution is 8.01. The van der Waals surface area contributed by atoms with Gasteiger partial charge in [-0.15, -0.1) is 11.8 Å². The van der Waals surface area contributed by atoms with Gasteiger partial charge in [-0.25, -0.2) is 0 Å². The fourth-order valence-electron chi connectivity index (χ4n) is 1.99. The lowest BCUT2D eigenvalue weighted by Gasteiger charge is -2.16. The minimum absolute atomic E-state index is 0.134. The molecular formula is C15H18O8S. The predicted octanol–water partition coefficient (Wildman–Crippen LogP) is 1.56. The molecule has 24 heavy (non-hydrogen) atoms. The van der Waals surface area contributed by atoms with E-state index in [0.29, 0.717) is 17.5 Å². The van der Waals surface area contributed by atoms with Crippen LogP contribution in [0, 0.1) is 0 Å². The first-order valence-corrected chi connectivity index (χ1v) is 7.78. The van der Waals surface area contributed by atoms with Gasteiger partial charge in [0.1, 0.15) is 5.25 Å². The van der Waals surface area contributed by atoms with Crippen molar-refractivity contribution < 1.29 is 38.8 Å². The molecule has 8 nitrogen and oxygen atoms in total. The molecule has 0 aliphatic heterocycles. The van der Waals surface area contributed by atoms with Crippen molar-refractivity contribution in [3.05, 3.63) is 17.7 Å². The van der Waals surface area contributed by atoms with Gasteiger partial charge in [-0.2, -0.15) is 0 Å². The van der Waals surface area contributed by atoms with Crippen molar-refractivity contribution in [1.82, 2.24) is 0 Å². The highest BCUT2D eigenvalue weighted by Gasteiger charge is 2.27. The van der Waals surface area contributed by atoms with Crippen LogP contribution in [0.25, 0.3) is 0 Å². The number of hydrogen-bond donors (Lipinski definition) is 2. The van der Waals surface area contributed by atoms with Crippen LogP contribution in [0.4, 0.5) is 0 Å². The topological polar surface area (TPSA) is 119 Å². The molecule has 0 saturated heterocycles. The summed E-state index contributed by atoms with van der Waals surface area (Å²) in [4.78, 5) is 34.3. The number of carbonyl (C=O) groups excluding carboxylic acids is 1. The maximum Gasteiger partial charge on any atom is 0.317 e. The van der Waals surface area contributed by atoms with Crippen LogP contribution in [-0.2, 0) is 9.59 Å². The molecule has 0 aliphatic carbocycles. The third-order valence-corrected chi connectivity index (χ3v) is 4.24. The van der Waals surface area contributed by atoms with Crippen LogP contribution in [0.5, 0.6) is 17.2 Å². The third-order valence-electron chi connectivity index (χ3n) is 3.06. The summed E-state index contributed by atoms with van der Waals surface area (Å²) in [5.74, 6) is -2.60. The molecule has 1 aromatic rings. The highest BCUT2D eigenvalue weighted by Crippen LogP contribution is 2.40. The Morgan fingerprint density at radius 1 is 1.04 bits per heavy atom. The SMILES string of the molecule is COc1ccc(C(=O)CC(SCC(=O)O)C(=O)O)c(OC)c1OC. The standard InChI is InChI=1S/C15H18O8S/c1-21-10-5-4-8(13(22-2)14(10)23-3)9(16)6-11(15(19)20)24-7-12(17)18/h4-5,11H,6-7H2,1-3H3,(H,17,18)(H,19,20). The number of methoxy groups -OCH3 is 3. The van der Waals surface area contributed by atoms with Crippen molar-refractivity contribution in [2.75, 3.05) is 27.1 Å². The van der Waals surface area contributed by atoms with Gasteiger partial charge in [-0.3, -0.25) is 14.4 Å². The van der Waals surface area contributed by atoms with Gasteiger partial charge in [0.2, 0.25) is 5.75 Å². The average molecular weight is 358 g/mol. The van der Waals surface area contributed by atoms with E-state index in [2.05, 4.69) is 0 Å². The Balaban J connectivity index is 3.09. The van der Waals surface area contributed by atoms with Crippen molar-refractivity contribution in [1.29, 1.82) is 0 Å². The quantitative estimate of drug-likeness (QED) is 0.600. The maximum atomic E-state index is 12.5. The molecule has 0 radical (unpaired) electrons. The molecule has 0 aromatic heterocycles. The van der Waals surface area contributed by atoms with E-state index < -0.39 is 28.7 Å². The maximum absolute atomic E-state index is 12.5. The van der Waals surface area contributed by atoms with Crippen LogP contribution in [0.3, 0.4) is 0 Å². The summed E-state index contributed by atoms with van der Waals surface area (Å²) in [6.07, 6.45) is -0.376. The largest absolute Gasteiger partial charge is 0.493 e. The Bertz CT molecular complexity index is 628. The Labute approximate surface area is 142 Å². The molecule has 132 valence electrons. The molecule has 0 fully saturated rings. The van der Waals surface area contributed by atoms with Crippen molar-refractivity contribution >= 4 is 29.5 Å². The van der Waals surface area contributed by atoms with E-state index in [0.717, 1.165) is 0 Å². The van der Waals surface area contributed by atoms with E-state index >= 15 is 0 Å². The molecular weight excluding hydrogens is 340 g/mol. The monoisotopic (exact) mass is 358 g/mol. The zero-order valence-corrected chi connectivity index (χ0v) is 14.2. The number of benzene rings is 1. The second-order valence-electron chi connectivity index (χ2n) is 4.54. The van der Waals surface area contributed by atoms with Gasteiger partial charge in [0.05, 0.1) is 32.6 Å². The summed E-state index contributed by atoms with van der Waals surface area (Å²) in [7, 11) is 4.17. The van der Waals surface area contributed by atoms with Gasteiger partial charge in [0, 0.05) is 6.42 Å². The van der Waals surface area contributed by atoms with E-state index in [1.165, 1.54) is 33.5 Å². The smallest absolute Gasteiger partial charge is 0.317 e. The van der Waals surface area contributed by atoms with E-state index in [1.807, 2.05) is 0 Å². The summed E-state index contributed by atoms with van der Waals surface area (Å²) in [6, 6.07) is 2.96. The van der Waals surface area contributed by atoms with Crippen LogP contribution in [-0.4, -0.2) is 60.3 Å². The minimum Gasteiger partial charge on any atom is -0.493 e. The van der Waals surface area contributed by atoms with E-state index in [-0.39, 0.29) is 23.5 Å². The number of ether oxygens (including phenoxy) is 3. The number of carboxylic acid groups (broad SMARTS) is 2. The molecule has 1 aromatic carbocycles. The summed E-state index contributed by atoms with van der Waals surface area (Å²) in [6.45, 7) is 0. The summed E-state index contributed by atoms with van der Waals surface area (Å²) in [5.41, 5.74) is 0.136. The van der Waals surface area contributed by atoms with Crippen molar-refractivity contribution in [3.8, 4) is 17.2 Å². The molecule has 1 rings (SSSR count). The Morgan fingerprint density at radius 3 is 2.12 bits per heavy atom. The summed E-state index contributed by atoms with van der Waals surface area (Å²) >= 11 is 0.675. The van der Waals surface area contributed by atoms with Gasteiger partial charge in [0.25, 0.3) is 0 Å². The molecule has 0 amide bonds. The van der Waals surface area contributed by atoms with Gasteiger partial charge >= 0.3 is 11.9 Å². The zero-order valence-electron chi connectivity index (χ0n) is 13.4. The molecule has 0 heterocycles. The number of carbonyl (C=O) groups is 3. The predicted molar refractivity (Wildman–Crippen MR) is 86.6 cm³/mol. The number of thioether (sulfide) groups is 1. The van der Waals surface area contributed by atoms with Gasteiger partial charge in [-0.05, 0) is 12.1 Å². The Kier molecular flexibility index (Phi) is 7.37. The van der Waals surface area contributed by atoms with E-state index in [9.17, 15) is 14.4 Å². The Morgan fingerprint density at radius 2 is 1.67 bits per heavy atom. The normalized spacial score (nSPS) is 11.5. The molecule has 0 aliphatic rings. The fraction of sp³-hybridized carbons (Fsp3) is 0.400. The van der Waals surface area contributed by atoms with Gasteiger partial charge in [0.15, 0.2) is 17.3 Å². The molecule has 2 N–H and O–H groups in total. The molecule has 0 spiro atoms. The second-order valence-corrected chi connectivity index (χ2v) is 5.73. The number of Topliss-reactive ketones (excluding diaryl/α,β-unsaturated/α-hetero) is 1. The average Bonchev–Trinajstić information content (AvgIpc) is 2.56. The first-order valence-electron chi connectivity index (χ1n) is 6.74. The van der Waals surface area contributed by atoms with Crippen LogP contribution in [0.1, 0.15) is 16.8 Å². The zero-order chi connectivity index (χ0) is 18.3. The van der Waals surface area contributed by atoms with E-state index in [4.69, 9.17) is 24.4 Å². The molecule has 1 atom stereocenters.